The molecule has 0 aliphatic rings. The summed E-state index contributed by atoms with van der Waals surface area (Å²) >= 11 is 1.74. The van der Waals surface area contributed by atoms with Gasteiger partial charge in [-0.2, -0.15) is 11.8 Å². The van der Waals surface area contributed by atoms with E-state index in [1.54, 1.807) is 24.0 Å². The Morgan fingerprint density at radius 1 is 1.50 bits per heavy atom. The maximum Gasteiger partial charge on any atom is 0.170 e. The molecule has 1 heterocycles. The van der Waals surface area contributed by atoms with E-state index in [9.17, 15) is 4.39 Å². The summed E-state index contributed by atoms with van der Waals surface area (Å²) in [6.07, 6.45) is 3.71. The first-order valence-corrected chi connectivity index (χ1v) is 7.52. The molecule has 0 aromatic carbocycles. The maximum absolute atomic E-state index is 14.2. The Morgan fingerprint density at radius 2 is 2.22 bits per heavy atom. The van der Waals surface area contributed by atoms with Crippen molar-refractivity contribution < 1.29 is 4.39 Å². The van der Waals surface area contributed by atoms with Gasteiger partial charge >= 0.3 is 0 Å². The third-order valence-electron chi connectivity index (χ3n) is 2.64. The molecule has 0 spiro atoms. The number of rotatable bonds is 7. The molecule has 3 nitrogen and oxygen atoms in total. The van der Waals surface area contributed by atoms with Crippen LogP contribution in [0, 0.1) is 5.82 Å². The maximum atomic E-state index is 14.2. The van der Waals surface area contributed by atoms with E-state index in [1.807, 2.05) is 32.1 Å². The van der Waals surface area contributed by atoms with E-state index in [4.69, 9.17) is 0 Å². The first-order chi connectivity index (χ1) is 8.56. The number of nitrogens with zero attached hydrogens (tertiary/aromatic N) is 2. The summed E-state index contributed by atoms with van der Waals surface area (Å²) in [5.74, 6) is 1.19. The molecule has 0 aliphatic carbocycles. The molecular formula is C13H22FN3S. The summed E-state index contributed by atoms with van der Waals surface area (Å²) in [6, 6.07) is 2.08. The number of anilines is 1. The normalized spacial score (nSPS) is 11.0. The summed E-state index contributed by atoms with van der Waals surface area (Å²) in [4.78, 5) is 6.00. The number of thioether (sulfide) groups is 1. The number of aromatic nitrogens is 1. The van der Waals surface area contributed by atoms with Crippen LogP contribution in [0.5, 0.6) is 0 Å². The van der Waals surface area contributed by atoms with Crippen molar-refractivity contribution in [3.63, 3.8) is 0 Å². The van der Waals surface area contributed by atoms with Gasteiger partial charge in [0.25, 0.3) is 0 Å². The molecule has 0 atom stereocenters. The van der Waals surface area contributed by atoms with Gasteiger partial charge in [0, 0.05) is 43.7 Å². The first-order valence-electron chi connectivity index (χ1n) is 6.13. The van der Waals surface area contributed by atoms with Crippen molar-refractivity contribution in [1.29, 1.82) is 0 Å². The summed E-state index contributed by atoms with van der Waals surface area (Å²) in [5.41, 5.74) is 0.671. The molecule has 0 saturated carbocycles. The van der Waals surface area contributed by atoms with E-state index in [1.165, 1.54) is 0 Å². The molecule has 102 valence electrons. The predicted molar refractivity (Wildman–Crippen MR) is 77.8 cm³/mol. The molecule has 0 aliphatic heterocycles. The third kappa shape index (κ3) is 4.46. The summed E-state index contributed by atoms with van der Waals surface area (Å²) in [7, 11) is 1.88. The number of hydrogen-bond donors (Lipinski definition) is 1. The molecule has 0 fully saturated rings. The SMILES string of the molecule is CSCCN(C)c1nccc(CNC(C)C)c1F. The minimum absolute atomic E-state index is 0.214. The van der Waals surface area contributed by atoms with Crippen molar-refractivity contribution in [1.82, 2.24) is 10.3 Å². The molecule has 0 amide bonds. The highest BCUT2D eigenvalue weighted by atomic mass is 32.2. The Bertz CT molecular complexity index is 371. The van der Waals surface area contributed by atoms with Gasteiger partial charge in [-0.15, -0.1) is 0 Å². The molecule has 5 heteroatoms. The average Bonchev–Trinajstić information content (AvgIpc) is 2.34. The van der Waals surface area contributed by atoms with Crippen LogP contribution >= 0.6 is 11.8 Å². The van der Waals surface area contributed by atoms with E-state index < -0.39 is 0 Å². The van der Waals surface area contributed by atoms with Crippen LogP contribution in [0.4, 0.5) is 10.2 Å². The molecule has 1 rings (SSSR count). The number of halogens is 1. The van der Waals surface area contributed by atoms with Crippen molar-refractivity contribution >= 4 is 17.6 Å². The second kappa shape index (κ2) is 7.59. The Morgan fingerprint density at radius 3 is 2.83 bits per heavy atom. The molecule has 0 radical (unpaired) electrons. The molecule has 1 N–H and O–H groups in total. The lowest BCUT2D eigenvalue weighted by molar-refractivity contribution is 0.549. The zero-order valence-corrected chi connectivity index (χ0v) is 12.4. The van der Waals surface area contributed by atoms with Gasteiger partial charge in [-0.25, -0.2) is 9.37 Å². The minimum atomic E-state index is -0.214. The van der Waals surface area contributed by atoms with Crippen LogP contribution in [-0.2, 0) is 6.54 Å². The Kier molecular flexibility index (Phi) is 6.43. The topological polar surface area (TPSA) is 28.2 Å². The van der Waals surface area contributed by atoms with Gasteiger partial charge in [-0.3, -0.25) is 0 Å². The second-order valence-electron chi connectivity index (χ2n) is 4.56. The lowest BCUT2D eigenvalue weighted by Crippen LogP contribution is -2.25. The van der Waals surface area contributed by atoms with Gasteiger partial charge in [-0.1, -0.05) is 13.8 Å². The van der Waals surface area contributed by atoms with Gasteiger partial charge < -0.3 is 10.2 Å². The van der Waals surface area contributed by atoms with E-state index in [-0.39, 0.29) is 5.82 Å². The van der Waals surface area contributed by atoms with Crippen LogP contribution in [0.15, 0.2) is 12.3 Å². The predicted octanol–water partition coefficient (Wildman–Crippen LogP) is 2.52. The first kappa shape index (κ1) is 15.2. The van der Waals surface area contributed by atoms with E-state index >= 15 is 0 Å². The zero-order chi connectivity index (χ0) is 13.5. The van der Waals surface area contributed by atoms with E-state index in [0.29, 0.717) is 24.0 Å². The second-order valence-corrected chi connectivity index (χ2v) is 5.54. The highest BCUT2D eigenvalue weighted by molar-refractivity contribution is 7.98. The molecule has 1 aromatic rings. The fourth-order valence-electron chi connectivity index (χ4n) is 1.52. The van der Waals surface area contributed by atoms with Crippen molar-refractivity contribution in [3.05, 3.63) is 23.6 Å². The van der Waals surface area contributed by atoms with Crippen molar-refractivity contribution in [2.24, 2.45) is 0 Å². The van der Waals surface area contributed by atoms with Crippen LogP contribution in [0.25, 0.3) is 0 Å². The van der Waals surface area contributed by atoms with Crippen LogP contribution in [0.1, 0.15) is 19.4 Å². The number of hydrogen-bond acceptors (Lipinski definition) is 4. The van der Waals surface area contributed by atoms with Crippen LogP contribution < -0.4 is 10.2 Å². The summed E-state index contributed by atoms with van der Waals surface area (Å²) in [5, 5.41) is 3.22. The Balaban J connectivity index is 2.77. The fraction of sp³-hybridized carbons (Fsp3) is 0.615. The zero-order valence-electron chi connectivity index (χ0n) is 11.5. The molecule has 0 unspecified atom stereocenters. The van der Waals surface area contributed by atoms with Gasteiger partial charge in [-0.05, 0) is 12.3 Å². The fourth-order valence-corrected chi connectivity index (χ4v) is 1.98. The molecule has 0 bridgehead atoms. The minimum Gasteiger partial charge on any atom is -0.356 e. The Labute approximate surface area is 113 Å². The largest absolute Gasteiger partial charge is 0.356 e. The quantitative estimate of drug-likeness (QED) is 0.825. The van der Waals surface area contributed by atoms with Gasteiger partial charge in [0.2, 0.25) is 0 Å². The molecule has 1 aromatic heterocycles. The number of pyridine rings is 1. The summed E-state index contributed by atoms with van der Waals surface area (Å²) in [6.45, 7) is 5.43. The lowest BCUT2D eigenvalue weighted by atomic mass is 10.2. The van der Waals surface area contributed by atoms with E-state index in [2.05, 4.69) is 10.3 Å². The van der Waals surface area contributed by atoms with Gasteiger partial charge in [0.1, 0.15) is 0 Å². The summed E-state index contributed by atoms with van der Waals surface area (Å²) < 4.78 is 14.2. The molecule has 18 heavy (non-hydrogen) atoms. The Hall–Kier alpha value is -0.810. The van der Waals surface area contributed by atoms with Crippen LogP contribution in [0.2, 0.25) is 0 Å². The van der Waals surface area contributed by atoms with Crippen molar-refractivity contribution in [2.45, 2.75) is 26.4 Å². The van der Waals surface area contributed by atoms with Crippen LogP contribution in [0.3, 0.4) is 0 Å². The molecular weight excluding hydrogens is 249 g/mol. The average molecular weight is 271 g/mol. The molecule has 0 saturated heterocycles. The third-order valence-corrected chi connectivity index (χ3v) is 3.23. The van der Waals surface area contributed by atoms with E-state index in [0.717, 1.165) is 12.3 Å². The smallest absolute Gasteiger partial charge is 0.170 e. The highest BCUT2D eigenvalue weighted by Crippen LogP contribution is 2.18. The van der Waals surface area contributed by atoms with Gasteiger partial charge in [0.15, 0.2) is 11.6 Å². The monoisotopic (exact) mass is 271 g/mol. The standard InChI is InChI=1S/C13H22FN3S/c1-10(2)16-9-11-5-6-15-13(12(11)14)17(3)7-8-18-4/h5-6,10,16H,7-9H2,1-4H3. The van der Waals surface area contributed by atoms with Crippen LogP contribution in [-0.4, -0.2) is 36.6 Å². The highest BCUT2D eigenvalue weighted by Gasteiger charge is 2.13. The van der Waals surface area contributed by atoms with Crippen molar-refractivity contribution in [2.75, 3.05) is 30.5 Å². The van der Waals surface area contributed by atoms with Gasteiger partial charge in [0.05, 0.1) is 0 Å². The lowest BCUT2D eigenvalue weighted by Gasteiger charge is -2.19. The number of nitrogens with one attached hydrogen (secondary N) is 1. The van der Waals surface area contributed by atoms with Crippen molar-refractivity contribution in [3.8, 4) is 0 Å².